The van der Waals surface area contributed by atoms with Crippen molar-refractivity contribution < 1.29 is 54.3 Å². The molecule has 1 unspecified atom stereocenters. The first kappa shape index (κ1) is 34.4. The molecule has 1 aromatic heterocycles. The Morgan fingerprint density at radius 2 is 1.84 bits per heavy atom. The highest BCUT2D eigenvalue weighted by molar-refractivity contribution is 8.13. The second-order valence-electron chi connectivity index (χ2n) is 8.95. The zero-order valence-electron chi connectivity index (χ0n) is 22.6. The van der Waals surface area contributed by atoms with E-state index in [9.17, 15) is 44.7 Å². The third kappa shape index (κ3) is 6.99. The molecule has 1 atom stereocenters. The summed E-state index contributed by atoms with van der Waals surface area (Å²) < 4.78 is 112. The lowest BCUT2D eigenvalue weighted by molar-refractivity contribution is -0.359. The molecule has 1 aliphatic heterocycles. The minimum atomic E-state index is -6.65. The highest BCUT2D eigenvalue weighted by atomic mass is 32.2. The number of alkyl halides is 7. The van der Waals surface area contributed by atoms with Crippen LogP contribution < -0.4 is 22.5 Å². The minimum absolute atomic E-state index is 0.0373. The van der Waals surface area contributed by atoms with Crippen molar-refractivity contribution in [2.45, 2.75) is 35.4 Å². The van der Waals surface area contributed by atoms with E-state index in [1.807, 2.05) is 5.32 Å². The number of carbonyl (C=O) groups excluding carboxylic acids is 2. The molecule has 242 valence electrons. The number of rotatable bonds is 8. The van der Waals surface area contributed by atoms with E-state index >= 15 is 0 Å². The first-order chi connectivity index (χ1) is 20.5. The van der Waals surface area contributed by atoms with Crippen molar-refractivity contribution >= 4 is 40.4 Å². The zero-order valence-corrected chi connectivity index (χ0v) is 23.4. The zero-order chi connectivity index (χ0) is 33.0. The number of carbonyl (C=O) groups is 2. The van der Waals surface area contributed by atoms with E-state index in [0.717, 1.165) is 16.8 Å². The fourth-order valence-corrected chi connectivity index (χ4v) is 4.78. The normalized spacial score (nSPS) is 16.1. The van der Waals surface area contributed by atoms with Gasteiger partial charge in [-0.15, -0.1) is 0 Å². The van der Waals surface area contributed by atoms with Crippen molar-refractivity contribution in [3.8, 4) is 0 Å². The van der Waals surface area contributed by atoms with Crippen LogP contribution in [0.2, 0.25) is 0 Å². The molecule has 1 aromatic carbocycles. The van der Waals surface area contributed by atoms with Crippen LogP contribution in [0.25, 0.3) is 0 Å². The number of methoxy groups -OCH3 is 1. The van der Waals surface area contributed by atoms with Gasteiger partial charge in [0.15, 0.2) is 11.6 Å². The summed E-state index contributed by atoms with van der Waals surface area (Å²) in [6.45, 7) is 0.470. The number of amides is 2. The number of nitrogens with zero attached hydrogens (tertiary/aromatic N) is 4. The van der Waals surface area contributed by atoms with E-state index in [1.165, 1.54) is 37.3 Å². The number of anilines is 2. The molecule has 1 fully saturated rings. The molecule has 1 aliphatic rings. The number of nitrogens with two attached hydrogens (primary N) is 2. The van der Waals surface area contributed by atoms with Crippen molar-refractivity contribution in [1.29, 1.82) is 0 Å². The number of nitrogens with one attached hydrogen (secondary N) is 2. The quantitative estimate of drug-likeness (QED) is 0.0812. The van der Waals surface area contributed by atoms with Gasteiger partial charge in [-0.1, -0.05) is 0 Å². The van der Waals surface area contributed by atoms with Crippen LogP contribution >= 0.6 is 11.8 Å². The number of hydrogen-bond acceptors (Lipinski definition) is 10. The molecule has 2 heterocycles. The summed E-state index contributed by atoms with van der Waals surface area (Å²) in [6.07, 6.45) is -6.95. The van der Waals surface area contributed by atoms with Gasteiger partial charge in [0.1, 0.15) is 0 Å². The molecule has 12 nitrogen and oxygen atoms in total. The molecule has 2 aromatic rings. The van der Waals surface area contributed by atoms with Crippen LogP contribution in [0.5, 0.6) is 0 Å². The van der Waals surface area contributed by atoms with E-state index in [2.05, 4.69) is 20.3 Å². The SMILES string of the molecule is CONc1ccc(S/C(=N/N)N(N)C2CCN(C(=O)OC)C2)c(C(=O)Nc2ncc(C(F)(F)C(F)(F)C(F)(F)F)cc2F)c1. The number of amidine groups is 1. The topological polar surface area (TPSA) is 160 Å². The van der Waals surface area contributed by atoms with Crippen LogP contribution in [0.1, 0.15) is 22.3 Å². The number of likely N-dealkylation sites (tertiary alicyclic amines) is 1. The maximum atomic E-state index is 14.6. The number of pyridine rings is 1. The molecule has 0 spiro atoms. The van der Waals surface area contributed by atoms with Crippen molar-refractivity contribution in [1.82, 2.24) is 14.9 Å². The van der Waals surface area contributed by atoms with E-state index < -0.39 is 53.3 Å². The molecule has 6 N–H and O–H groups in total. The predicted molar refractivity (Wildman–Crippen MR) is 140 cm³/mol. The van der Waals surface area contributed by atoms with Crippen LogP contribution in [0.15, 0.2) is 40.5 Å². The van der Waals surface area contributed by atoms with Gasteiger partial charge in [-0.3, -0.25) is 20.1 Å². The summed E-state index contributed by atoms with van der Waals surface area (Å²) in [5.41, 5.74) is 0.318. The Morgan fingerprint density at radius 3 is 2.41 bits per heavy atom. The number of benzene rings is 1. The number of hydrazone groups is 1. The van der Waals surface area contributed by atoms with Gasteiger partial charge in [0.25, 0.3) is 5.91 Å². The minimum Gasteiger partial charge on any atom is -0.453 e. The largest absolute Gasteiger partial charge is 0.460 e. The Labute approximate surface area is 247 Å². The number of halogens is 8. The van der Waals surface area contributed by atoms with Gasteiger partial charge in [0, 0.05) is 29.7 Å². The van der Waals surface area contributed by atoms with Crippen LogP contribution in [0.3, 0.4) is 0 Å². The van der Waals surface area contributed by atoms with Gasteiger partial charge in [0.2, 0.25) is 5.17 Å². The average molecular weight is 661 g/mol. The lowest BCUT2D eigenvalue weighted by atomic mass is 10.0. The van der Waals surface area contributed by atoms with Gasteiger partial charge in [0.05, 0.1) is 31.5 Å². The third-order valence-electron chi connectivity index (χ3n) is 6.15. The number of thioether (sulfide) groups is 1. The van der Waals surface area contributed by atoms with Gasteiger partial charge < -0.3 is 20.8 Å². The monoisotopic (exact) mass is 660 g/mol. The van der Waals surface area contributed by atoms with Crippen LogP contribution in [0, 0.1) is 5.82 Å². The lowest BCUT2D eigenvalue weighted by Gasteiger charge is -2.28. The first-order valence-corrected chi connectivity index (χ1v) is 12.8. The molecule has 21 heteroatoms. The fraction of sp³-hybridized carbons (Fsp3) is 0.391. The number of hydrogen-bond donors (Lipinski definition) is 4. The van der Waals surface area contributed by atoms with Gasteiger partial charge in [-0.05, 0) is 42.4 Å². The van der Waals surface area contributed by atoms with E-state index in [0.29, 0.717) is 13.0 Å². The van der Waals surface area contributed by atoms with Crippen molar-refractivity contribution in [3.63, 3.8) is 0 Å². The number of hydrazine groups is 1. The van der Waals surface area contributed by atoms with Crippen LogP contribution in [0.4, 0.5) is 51.4 Å². The second-order valence-corrected chi connectivity index (χ2v) is 9.96. The summed E-state index contributed by atoms with van der Waals surface area (Å²) in [5.74, 6) is -4.74. The smallest absolute Gasteiger partial charge is 0.453 e. The Kier molecular flexibility index (Phi) is 10.4. The molecule has 2 amide bonds. The third-order valence-corrected chi connectivity index (χ3v) is 7.23. The Bertz CT molecular complexity index is 1410. The molecule has 44 heavy (non-hydrogen) atoms. The Balaban J connectivity index is 1.88. The molecule has 1 saturated heterocycles. The second kappa shape index (κ2) is 13.3. The number of ether oxygens (including phenoxy) is 1. The maximum absolute atomic E-state index is 14.6. The molecule has 0 saturated carbocycles. The maximum Gasteiger partial charge on any atom is 0.460 e. The standard InChI is InChI=1S/C23H24F8N8O4S/c1-42-20(41)38-6-5-13(10-38)39(33)19(36-32)44-16-4-3-12(37-43-2)8-14(16)18(40)35-17-15(24)7-11(9-34-17)21(25,26)22(27,28)23(29,30)31/h3-4,7-9,13,37H,5-6,10,32-33H2,1-2H3,(H,34,35,40)/b36-19+. The van der Waals surface area contributed by atoms with Gasteiger partial charge in [-0.25, -0.2) is 20.0 Å². The summed E-state index contributed by atoms with van der Waals surface area (Å²) in [4.78, 5) is 34.4. The van der Waals surface area contributed by atoms with Gasteiger partial charge in [-0.2, -0.15) is 35.8 Å². The van der Waals surface area contributed by atoms with E-state index in [4.69, 9.17) is 16.5 Å². The lowest BCUT2D eigenvalue weighted by Crippen LogP contribution is -2.50. The van der Waals surface area contributed by atoms with E-state index in [1.54, 1.807) is 0 Å². The molecule has 0 aliphatic carbocycles. The Hall–Kier alpha value is -4.11. The first-order valence-electron chi connectivity index (χ1n) is 12.0. The summed E-state index contributed by atoms with van der Waals surface area (Å²) >= 11 is 0.765. The number of aromatic nitrogens is 1. The molecule has 3 rings (SSSR count). The highest BCUT2D eigenvalue weighted by Gasteiger charge is 2.73. The summed E-state index contributed by atoms with van der Waals surface area (Å²) in [6, 6.07) is 3.26. The van der Waals surface area contributed by atoms with Crippen molar-refractivity contribution in [2.75, 3.05) is 38.1 Å². The molecule has 0 radical (unpaired) electrons. The average Bonchev–Trinajstić information content (AvgIpc) is 3.46. The van der Waals surface area contributed by atoms with Crippen molar-refractivity contribution in [2.24, 2.45) is 16.8 Å². The summed E-state index contributed by atoms with van der Waals surface area (Å²) in [5, 5.41) is 6.71. The highest BCUT2D eigenvalue weighted by Crippen LogP contribution is 2.51. The molecular weight excluding hydrogens is 636 g/mol. The van der Waals surface area contributed by atoms with Crippen LogP contribution in [-0.2, 0) is 15.5 Å². The van der Waals surface area contributed by atoms with Crippen molar-refractivity contribution in [3.05, 3.63) is 47.4 Å². The van der Waals surface area contributed by atoms with E-state index in [-0.39, 0.29) is 40.1 Å². The fourth-order valence-electron chi connectivity index (χ4n) is 3.88. The predicted octanol–water partition coefficient (Wildman–Crippen LogP) is 4.07. The molecular formula is C23H24F8N8O4S. The summed E-state index contributed by atoms with van der Waals surface area (Å²) in [7, 11) is 2.47. The van der Waals surface area contributed by atoms with Crippen LogP contribution in [-0.4, -0.2) is 77.5 Å². The molecule has 0 bridgehead atoms. The Morgan fingerprint density at radius 1 is 1.16 bits per heavy atom. The van der Waals surface area contributed by atoms with Gasteiger partial charge >= 0.3 is 24.1 Å².